The Morgan fingerprint density at radius 2 is 2.15 bits per heavy atom. The van der Waals surface area contributed by atoms with Crippen LogP contribution >= 0.6 is 0 Å². The van der Waals surface area contributed by atoms with Gasteiger partial charge in [0.05, 0.1) is 6.04 Å². The Morgan fingerprint density at radius 1 is 1.35 bits per heavy atom. The molecule has 1 fully saturated rings. The largest absolute Gasteiger partial charge is 0.489 e. The van der Waals surface area contributed by atoms with Crippen LogP contribution in [0.2, 0.25) is 0 Å². The summed E-state index contributed by atoms with van der Waals surface area (Å²) in [6.07, 6.45) is 0.123. The highest BCUT2D eigenvalue weighted by Crippen LogP contribution is 2.21. The summed E-state index contributed by atoms with van der Waals surface area (Å²) < 4.78 is 6.11. The first-order valence-corrected chi connectivity index (χ1v) is 7.57. The molecule has 0 aliphatic carbocycles. The van der Waals surface area contributed by atoms with Gasteiger partial charge in [0.1, 0.15) is 11.9 Å². The van der Waals surface area contributed by atoms with Crippen molar-refractivity contribution in [2.45, 2.75) is 45.9 Å². The molecule has 0 amide bonds. The van der Waals surface area contributed by atoms with Gasteiger partial charge in [0.25, 0.3) is 0 Å². The van der Waals surface area contributed by atoms with E-state index in [1.54, 1.807) is 0 Å². The van der Waals surface area contributed by atoms with Gasteiger partial charge in [-0.3, -0.25) is 10.9 Å². The second kappa shape index (κ2) is 7.07. The molecule has 1 aromatic rings. The molecule has 0 radical (unpaired) electrons. The third-order valence-corrected chi connectivity index (χ3v) is 4.03. The van der Waals surface area contributed by atoms with E-state index in [-0.39, 0.29) is 6.10 Å². The summed E-state index contributed by atoms with van der Waals surface area (Å²) in [5, 5.41) is 3.44. The lowest BCUT2D eigenvalue weighted by Crippen LogP contribution is -2.45. The van der Waals surface area contributed by atoms with Gasteiger partial charge in [-0.25, -0.2) is 0 Å². The van der Waals surface area contributed by atoms with Crippen molar-refractivity contribution in [1.82, 2.24) is 16.2 Å². The van der Waals surface area contributed by atoms with Crippen molar-refractivity contribution in [3.8, 4) is 5.75 Å². The fourth-order valence-corrected chi connectivity index (χ4v) is 2.81. The molecule has 4 atom stereocenters. The van der Waals surface area contributed by atoms with Crippen molar-refractivity contribution in [3.63, 3.8) is 0 Å². The van der Waals surface area contributed by atoms with Crippen LogP contribution in [0.4, 0.5) is 0 Å². The van der Waals surface area contributed by atoms with Crippen molar-refractivity contribution in [1.29, 1.82) is 0 Å². The molecule has 4 heteroatoms. The lowest BCUT2D eigenvalue weighted by atomic mass is 9.92. The van der Waals surface area contributed by atoms with E-state index in [1.807, 2.05) is 12.1 Å². The van der Waals surface area contributed by atoms with E-state index in [1.165, 1.54) is 5.56 Å². The van der Waals surface area contributed by atoms with Crippen molar-refractivity contribution in [3.05, 3.63) is 29.8 Å². The Balaban J connectivity index is 1.98. The molecule has 1 aromatic carbocycles. The Labute approximate surface area is 122 Å². The summed E-state index contributed by atoms with van der Waals surface area (Å²) in [6.45, 7) is 10.6. The summed E-state index contributed by atoms with van der Waals surface area (Å²) in [6, 6.07) is 8.99. The summed E-state index contributed by atoms with van der Waals surface area (Å²) in [4.78, 5) is 0. The van der Waals surface area contributed by atoms with E-state index in [2.05, 4.69) is 56.0 Å². The molecular formula is C16H27N3O. The van der Waals surface area contributed by atoms with E-state index < -0.39 is 0 Å². The van der Waals surface area contributed by atoms with Gasteiger partial charge in [-0.05, 0) is 45.0 Å². The molecule has 0 saturated carbocycles. The number of hydrazine groups is 1. The van der Waals surface area contributed by atoms with Gasteiger partial charge in [0, 0.05) is 18.5 Å². The van der Waals surface area contributed by atoms with Crippen molar-refractivity contribution in [2.24, 2.45) is 5.92 Å². The van der Waals surface area contributed by atoms with Gasteiger partial charge in [-0.1, -0.05) is 19.1 Å². The molecule has 20 heavy (non-hydrogen) atoms. The molecule has 1 aliphatic heterocycles. The van der Waals surface area contributed by atoms with Crippen LogP contribution in [-0.2, 0) is 0 Å². The summed E-state index contributed by atoms with van der Waals surface area (Å²) in [7, 11) is 0. The highest BCUT2D eigenvalue weighted by molar-refractivity contribution is 5.27. The predicted octanol–water partition coefficient (Wildman–Crippen LogP) is 1.85. The Bertz CT molecular complexity index is 424. The van der Waals surface area contributed by atoms with E-state index >= 15 is 0 Å². The number of aryl methyl sites for hydroxylation is 1. The monoisotopic (exact) mass is 277 g/mol. The van der Waals surface area contributed by atoms with Crippen molar-refractivity contribution in [2.75, 3.05) is 13.1 Å². The average Bonchev–Trinajstić information content (AvgIpc) is 2.77. The zero-order valence-corrected chi connectivity index (χ0v) is 12.9. The lowest BCUT2D eigenvalue weighted by Gasteiger charge is -2.27. The van der Waals surface area contributed by atoms with Gasteiger partial charge in [-0.2, -0.15) is 0 Å². The van der Waals surface area contributed by atoms with Crippen molar-refractivity contribution < 1.29 is 4.74 Å². The minimum absolute atomic E-state index is 0.123. The van der Waals surface area contributed by atoms with Crippen LogP contribution in [0, 0.1) is 12.8 Å². The number of nitrogens with one attached hydrogen (secondary N) is 3. The molecule has 0 spiro atoms. The van der Waals surface area contributed by atoms with Crippen molar-refractivity contribution >= 4 is 0 Å². The SMILES string of the molecule is CCNCC1C(C)NNC1C(C)Oc1cccc(C)c1. The number of benzene rings is 1. The third-order valence-electron chi connectivity index (χ3n) is 4.03. The number of hydrogen-bond acceptors (Lipinski definition) is 4. The van der Waals surface area contributed by atoms with E-state index in [9.17, 15) is 0 Å². The van der Waals surface area contributed by atoms with Crippen LogP contribution in [0.15, 0.2) is 24.3 Å². The number of rotatable bonds is 6. The van der Waals surface area contributed by atoms with Crippen LogP contribution in [0.5, 0.6) is 5.75 Å². The van der Waals surface area contributed by atoms with Gasteiger partial charge in [0.15, 0.2) is 0 Å². The van der Waals surface area contributed by atoms with Gasteiger partial charge in [0.2, 0.25) is 0 Å². The predicted molar refractivity (Wildman–Crippen MR) is 82.8 cm³/mol. The van der Waals surface area contributed by atoms with E-state index in [4.69, 9.17) is 4.74 Å². The first-order chi connectivity index (χ1) is 9.61. The Hall–Kier alpha value is -1.10. The Kier molecular flexibility index (Phi) is 5.40. The molecule has 4 nitrogen and oxygen atoms in total. The normalized spacial score (nSPS) is 27.5. The highest BCUT2D eigenvalue weighted by atomic mass is 16.5. The molecule has 0 bridgehead atoms. The lowest BCUT2D eigenvalue weighted by molar-refractivity contribution is 0.153. The first-order valence-electron chi connectivity index (χ1n) is 7.57. The smallest absolute Gasteiger partial charge is 0.120 e. The molecule has 4 unspecified atom stereocenters. The summed E-state index contributed by atoms with van der Waals surface area (Å²) in [5.41, 5.74) is 7.95. The topological polar surface area (TPSA) is 45.3 Å². The van der Waals surface area contributed by atoms with E-state index in [0.29, 0.717) is 18.0 Å². The first kappa shape index (κ1) is 15.3. The highest BCUT2D eigenvalue weighted by Gasteiger charge is 2.37. The number of ether oxygens (including phenoxy) is 1. The van der Waals surface area contributed by atoms with Crippen LogP contribution < -0.4 is 20.9 Å². The number of hydrogen-bond donors (Lipinski definition) is 3. The van der Waals surface area contributed by atoms with Crippen LogP contribution in [0.3, 0.4) is 0 Å². The maximum absolute atomic E-state index is 6.11. The quantitative estimate of drug-likeness (QED) is 0.742. The zero-order chi connectivity index (χ0) is 14.5. The summed E-state index contributed by atoms with van der Waals surface area (Å²) in [5.74, 6) is 1.47. The maximum Gasteiger partial charge on any atom is 0.120 e. The molecule has 1 heterocycles. The van der Waals surface area contributed by atoms with Crippen LogP contribution in [0.1, 0.15) is 26.3 Å². The minimum Gasteiger partial charge on any atom is -0.489 e. The standard InChI is InChI=1S/C16H27N3O/c1-5-17-10-15-12(3)18-19-16(15)13(4)20-14-8-6-7-11(2)9-14/h6-9,12-13,15-19H,5,10H2,1-4H3. The fraction of sp³-hybridized carbons (Fsp3) is 0.625. The molecular weight excluding hydrogens is 250 g/mol. The molecule has 1 aliphatic rings. The Morgan fingerprint density at radius 3 is 2.85 bits per heavy atom. The molecule has 3 N–H and O–H groups in total. The van der Waals surface area contributed by atoms with Crippen LogP contribution in [0.25, 0.3) is 0 Å². The average molecular weight is 277 g/mol. The van der Waals surface area contributed by atoms with Gasteiger partial charge >= 0.3 is 0 Å². The zero-order valence-electron chi connectivity index (χ0n) is 12.9. The molecule has 0 aromatic heterocycles. The third kappa shape index (κ3) is 3.72. The molecule has 2 rings (SSSR count). The molecule has 112 valence electrons. The fourth-order valence-electron chi connectivity index (χ4n) is 2.81. The van der Waals surface area contributed by atoms with Gasteiger partial charge in [-0.15, -0.1) is 0 Å². The second-order valence-electron chi connectivity index (χ2n) is 5.71. The van der Waals surface area contributed by atoms with Gasteiger partial charge < -0.3 is 10.1 Å². The maximum atomic E-state index is 6.11. The minimum atomic E-state index is 0.123. The summed E-state index contributed by atoms with van der Waals surface area (Å²) >= 11 is 0. The van der Waals surface area contributed by atoms with Crippen LogP contribution in [-0.4, -0.2) is 31.3 Å². The van der Waals surface area contributed by atoms with E-state index in [0.717, 1.165) is 18.8 Å². The second-order valence-corrected chi connectivity index (χ2v) is 5.71. The molecule has 1 saturated heterocycles.